The number of piperazine rings is 1. The predicted octanol–water partition coefficient (Wildman–Crippen LogP) is 3.13. The molecule has 21 heavy (non-hydrogen) atoms. The van der Waals surface area contributed by atoms with Crippen LogP contribution >= 0.6 is 0 Å². The summed E-state index contributed by atoms with van der Waals surface area (Å²) in [6.45, 7) is 2.61. The van der Waals surface area contributed by atoms with Gasteiger partial charge in [-0.25, -0.2) is 0 Å². The van der Waals surface area contributed by atoms with Crippen LogP contribution in [0, 0.1) is 0 Å². The topological polar surface area (TPSA) is 15.3 Å². The fourth-order valence-electron chi connectivity index (χ4n) is 2.24. The zero-order chi connectivity index (χ0) is 15.7. The molecule has 0 amide bonds. The van der Waals surface area contributed by atoms with Crippen molar-refractivity contribution in [2.45, 2.75) is 18.9 Å². The number of benzene rings is 1. The molecule has 1 fully saturated rings. The standard InChI is InChI=1S/C13H14F6N2/c14-12(15,16)10-5-9(6-11(7-10)13(17,18)19)8-21-3-1-20-2-4-21/h5-7,20H,1-4,8H2. The summed E-state index contributed by atoms with van der Waals surface area (Å²) >= 11 is 0. The Bertz CT molecular complexity index is 456. The first-order valence-electron chi connectivity index (χ1n) is 6.38. The smallest absolute Gasteiger partial charge is 0.314 e. The Morgan fingerprint density at radius 1 is 0.857 bits per heavy atom. The molecule has 118 valence electrons. The van der Waals surface area contributed by atoms with Gasteiger partial charge in [-0.2, -0.15) is 26.3 Å². The van der Waals surface area contributed by atoms with Gasteiger partial charge in [0.2, 0.25) is 0 Å². The lowest BCUT2D eigenvalue weighted by molar-refractivity contribution is -0.143. The first kappa shape index (κ1) is 16.1. The fraction of sp³-hybridized carbons (Fsp3) is 0.538. The third kappa shape index (κ3) is 4.34. The molecule has 0 aliphatic carbocycles. The van der Waals surface area contributed by atoms with Crippen molar-refractivity contribution in [2.75, 3.05) is 26.2 Å². The van der Waals surface area contributed by atoms with Crippen molar-refractivity contribution in [2.24, 2.45) is 0 Å². The second kappa shape index (κ2) is 5.84. The summed E-state index contributed by atoms with van der Waals surface area (Å²) in [7, 11) is 0. The van der Waals surface area contributed by atoms with Gasteiger partial charge >= 0.3 is 12.4 Å². The first-order chi connectivity index (χ1) is 9.66. The summed E-state index contributed by atoms with van der Waals surface area (Å²) < 4.78 is 76.3. The van der Waals surface area contributed by atoms with E-state index in [1.165, 1.54) is 0 Å². The summed E-state index contributed by atoms with van der Waals surface area (Å²) in [5, 5.41) is 3.07. The van der Waals surface area contributed by atoms with E-state index >= 15 is 0 Å². The van der Waals surface area contributed by atoms with E-state index < -0.39 is 23.5 Å². The van der Waals surface area contributed by atoms with Crippen molar-refractivity contribution in [1.29, 1.82) is 0 Å². The third-order valence-corrected chi connectivity index (χ3v) is 3.26. The molecule has 0 radical (unpaired) electrons. The highest BCUT2D eigenvalue weighted by molar-refractivity contribution is 5.33. The van der Waals surface area contributed by atoms with E-state index in [0.29, 0.717) is 26.2 Å². The maximum Gasteiger partial charge on any atom is 0.416 e. The molecule has 8 heteroatoms. The van der Waals surface area contributed by atoms with E-state index in [4.69, 9.17) is 0 Å². The number of hydrogen-bond acceptors (Lipinski definition) is 2. The maximum absolute atomic E-state index is 12.7. The molecule has 0 unspecified atom stereocenters. The number of nitrogens with one attached hydrogen (secondary N) is 1. The van der Waals surface area contributed by atoms with Gasteiger partial charge in [-0.15, -0.1) is 0 Å². The minimum atomic E-state index is -4.79. The quantitative estimate of drug-likeness (QED) is 0.844. The van der Waals surface area contributed by atoms with Crippen LogP contribution in [0.3, 0.4) is 0 Å². The molecular formula is C13H14F6N2. The van der Waals surface area contributed by atoms with Gasteiger partial charge in [0.25, 0.3) is 0 Å². The Balaban J connectivity index is 2.31. The van der Waals surface area contributed by atoms with E-state index in [9.17, 15) is 26.3 Å². The molecular weight excluding hydrogens is 298 g/mol. The lowest BCUT2D eigenvalue weighted by Crippen LogP contribution is -2.42. The number of rotatable bonds is 2. The first-order valence-corrected chi connectivity index (χ1v) is 6.38. The summed E-state index contributed by atoms with van der Waals surface area (Å²) in [4.78, 5) is 1.83. The van der Waals surface area contributed by atoms with Crippen molar-refractivity contribution in [1.82, 2.24) is 10.2 Å². The van der Waals surface area contributed by atoms with Gasteiger partial charge in [0, 0.05) is 32.7 Å². The average molecular weight is 312 g/mol. The number of alkyl halides is 6. The number of hydrogen-bond donors (Lipinski definition) is 1. The minimum Gasteiger partial charge on any atom is -0.314 e. The predicted molar refractivity (Wildman–Crippen MR) is 64.6 cm³/mol. The highest BCUT2D eigenvalue weighted by Gasteiger charge is 2.36. The lowest BCUT2D eigenvalue weighted by Gasteiger charge is -2.27. The van der Waals surface area contributed by atoms with E-state index in [2.05, 4.69) is 5.32 Å². The molecule has 1 aromatic carbocycles. The molecule has 1 aromatic rings. The average Bonchev–Trinajstić information content (AvgIpc) is 2.37. The van der Waals surface area contributed by atoms with Crippen LogP contribution < -0.4 is 5.32 Å². The van der Waals surface area contributed by atoms with Gasteiger partial charge in [-0.1, -0.05) is 0 Å². The summed E-state index contributed by atoms with van der Waals surface area (Å²) in [5.74, 6) is 0. The number of nitrogens with zero attached hydrogens (tertiary/aromatic N) is 1. The molecule has 1 aliphatic heterocycles. The molecule has 2 nitrogen and oxygen atoms in total. The normalized spacial score (nSPS) is 18.0. The van der Waals surface area contributed by atoms with Crippen molar-refractivity contribution >= 4 is 0 Å². The van der Waals surface area contributed by atoms with E-state index in [1.807, 2.05) is 4.90 Å². The highest BCUT2D eigenvalue weighted by Crippen LogP contribution is 2.36. The van der Waals surface area contributed by atoms with Crippen LogP contribution in [0.15, 0.2) is 18.2 Å². The van der Waals surface area contributed by atoms with Crippen LogP contribution in [0.2, 0.25) is 0 Å². The van der Waals surface area contributed by atoms with Crippen molar-refractivity contribution in [3.63, 3.8) is 0 Å². The van der Waals surface area contributed by atoms with Gasteiger partial charge in [0.1, 0.15) is 0 Å². The van der Waals surface area contributed by atoms with Crippen LogP contribution in [0.25, 0.3) is 0 Å². The van der Waals surface area contributed by atoms with E-state index in [0.717, 1.165) is 12.1 Å². The second-order valence-electron chi connectivity index (χ2n) is 4.94. The monoisotopic (exact) mass is 312 g/mol. The summed E-state index contributed by atoms with van der Waals surface area (Å²) in [6, 6.07) is 1.73. The maximum atomic E-state index is 12.7. The lowest BCUT2D eigenvalue weighted by atomic mass is 10.0. The Hall–Kier alpha value is -1.28. The van der Waals surface area contributed by atoms with Crippen molar-refractivity contribution in [3.8, 4) is 0 Å². The molecule has 2 rings (SSSR count). The van der Waals surface area contributed by atoms with Crippen molar-refractivity contribution < 1.29 is 26.3 Å². The van der Waals surface area contributed by atoms with E-state index in [-0.39, 0.29) is 18.2 Å². The largest absolute Gasteiger partial charge is 0.416 e. The Labute approximate surface area is 117 Å². The van der Waals surface area contributed by atoms with Crippen molar-refractivity contribution in [3.05, 3.63) is 34.9 Å². The van der Waals surface area contributed by atoms with Crippen LogP contribution in [0.1, 0.15) is 16.7 Å². The van der Waals surface area contributed by atoms with Gasteiger partial charge < -0.3 is 5.32 Å². The molecule has 1 heterocycles. The van der Waals surface area contributed by atoms with Gasteiger partial charge in [0.15, 0.2) is 0 Å². The molecule has 0 atom stereocenters. The molecule has 1 N–H and O–H groups in total. The summed E-state index contributed by atoms with van der Waals surface area (Å²) in [6.07, 6.45) is -9.58. The Kier molecular flexibility index (Phi) is 4.48. The third-order valence-electron chi connectivity index (χ3n) is 3.26. The minimum absolute atomic E-state index is 0.0269. The van der Waals surface area contributed by atoms with Crippen LogP contribution in [0.4, 0.5) is 26.3 Å². The molecule has 0 saturated carbocycles. The van der Waals surface area contributed by atoms with Crippen LogP contribution in [0.5, 0.6) is 0 Å². The molecule has 0 bridgehead atoms. The van der Waals surface area contributed by atoms with Gasteiger partial charge in [-0.3, -0.25) is 4.90 Å². The van der Waals surface area contributed by atoms with Crippen LogP contribution in [-0.4, -0.2) is 31.1 Å². The van der Waals surface area contributed by atoms with Gasteiger partial charge in [-0.05, 0) is 23.8 Å². The molecule has 1 aliphatic rings. The van der Waals surface area contributed by atoms with Crippen LogP contribution in [-0.2, 0) is 18.9 Å². The highest BCUT2D eigenvalue weighted by atomic mass is 19.4. The molecule has 1 saturated heterocycles. The zero-order valence-corrected chi connectivity index (χ0v) is 11.0. The summed E-state index contributed by atoms with van der Waals surface area (Å²) in [5.41, 5.74) is -2.50. The second-order valence-corrected chi connectivity index (χ2v) is 4.94. The molecule has 0 spiro atoms. The Morgan fingerprint density at radius 2 is 1.33 bits per heavy atom. The zero-order valence-electron chi connectivity index (χ0n) is 11.0. The molecule has 0 aromatic heterocycles. The fourth-order valence-corrected chi connectivity index (χ4v) is 2.24. The Morgan fingerprint density at radius 3 is 1.76 bits per heavy atom. The SMILES string of the molecule is FC(F)(F)c1cc(CN2CCNCC2)cc(C(F)(F)F)c1. The number of halogens is 6. The van der Waals surface area contributed by atoms with Gasteiger partial charge in [0.05, 0.1) is 11.1 Å². The van der Waals surface area contributed by atoms with E-state index in [1.54, 1.807) is 0 Å².